The van der Waals surface area contributed by atoms with Crippen LogP contribution in [0.3, 0.4) is 0 Å². The average Bonchev–Trinajstić information content (AvgIpc) is 3.32. The SMILES string of the molecule is CCn1c(N2CCC[C@@H](N)C2)nc2cnn(Cc3nc4c(C)cccc4o3)c(=O)c21. The van der Waals surface area contributed by atoms with Crippen LogP contribution in [0.4, 0.5) is 5.95 Å². The number of fused-ring (bicyclic) bond motifs is 2. The summed E-state index contributed by atoms with van der Waals surface area (Å²) in [6.45, 7) is 6.44. The van der Waals surface area contributed by atoms with Crippen LogP contribution in [-0.4, -0.2) is 43.4 Å². The van der Waals surface area contributed by atoms with Crippen LogP contribution in [0.25, 0.3) is 22.1 Å². The van der Waals surface area contributed by atoms with Gasteiger partial charge in [-0.05, 0) is 38.3 Å². The lowest BCUT2D eigenvalue weighted by Crippen LogP contribution is -2.44. The van der Waals surface area contributed by atoms with E-state index in [-0.39, 0.29) is 18.1 Å². The minimum absolute atomic E-state index is 0.126. The molecule has 2 N–H and O–H groups in total. The van der Waals surface area contributed by atoms with E-state index in [0.717, 1.165) is 43.0 Å². The van der Waals surface area contributed by atoms with Crippen LogP contribution in [0.2, 0.25) is 0 Å². The topological polar surface area (TPSA) is 108 Å². The Morgan fingerprint density at radius 1 is 1.30 bits per heavy atom. The van der Waals surface area contributed by atoms with Crippen molar-refractivity contribution in [2.75, 3.05) is 18.0 Å². The molecule has 156 valence electrons. The Morgan fingerprint density at radius 3 is 2.93 bits per heavy atom. The first-order chi connectivity index (χ1) is 14.5. The van der Waals surface area contributed by atoms with Crippen molar-refractivity contribution in [1.29, 1.82) is 0 Å². The van der Waals surface area contributed by atoms with Crippen LogP contribution in [0, 0.1) is 6.92 Å². The van der Waals surface area contributed by atoms with Crippen LogP contribution in [0.5, 0.6) is 0 Å². The lowest BCUT2D eigenvalue weighted by Gasteiger charge is -2.31. The molecule has 0 spiro atoms. The van der Waals surface area contributed by atoms with Gasteiger partial charge in [0.1, 0.15) is 23.1 Å². The summed E-state index contributed by atoms with van der Waals surface area (Å²) >= 11 is 0. The van der Waals surface area contributed by atoms with Gasteiger partial charge in [-0.3, -0.25) is 4.79 Å². The van der Waals surface area contributed by atoms with Crippen LogP contribution in [0.1, 0.15) is 31.2 Å². The van der Waals surface area contributed by atoms with E-state index in [1.54, 1.807) is 6.20 Å². The first-order valence-corrected chi connectivity index (χ1v) is 10.4. The molecule has 1 saturated heterocycles. The third-order valence-electron chi connectivity index (χ3n) is 5.74. The molecule has 1 atom stereocenters. The molecule has 1 aliphatic rings. The molecule has 0 bridgehead atoms. The van der Waals surface area contributed by atoms with Gasteiger partial charge in [0.05, 0.1) is 6.20 Å². The van der Waals surface area contributed by atoms with Crippen molar-refractivity contribution in [1.82, 2.24) is 24.3 Å². The predicted molar refractivity (Wildman–Crippen MR) is 115 cm³/mol. The molecule has 4 heterocycles. The molecule has 30 heavy (non-hydrogen) atoms. The van der Waals surface area contributed by atoms with Crippen LogP contribution in [0.15, 0.2) is 33.6 Å². The number of oxazole rings is 1. The van der Waals surface area contributed by atoms with E-state index in [2.05, 4.69) is 15.0 Å². The molecular formula is C21H25N7O2. The zero-order valence-electron chi connectivity index (χ0n) is 17.2. The number of rotatable bonds is 4. The number of hydrogen-bond acceptors (Lipinski definition) is 7. The maximum atomic E-state index is 13.3. The normalized spacial score (nSPS) is 17.3. The third kappa shape index (κ3) is 3.06. The van der Waals surface area contributed by atoms with Gasteiger partial charge in [0, 0.05) is 25.7 Å². The van der Waals surface area contributed by atoms with E-state index in [1.807, 2.05) is 36.6 Å². The van der Waals surface area contributed by atoms with E-state index in [4.69, 9.17) is 15.1 Å². The highest BCUT2D eigenvalue weighted by molar-refractivity contribution is 5.77. The Kier molecular flexibility index (Phi) is 4.54. The molecular weight excluding hydrogens is 382 g/mol. The van der Waals surface area contributed by atoms with Crippen LogP contribution in [-0.2, 0) is 13.1 Å². The van der Waals surface area contributed by atoms with Crippen molar-refractivity contribution in [3.05, 3.63) is 46.2 Å². The number of hydrogen-bond donors (Lipinski definition) is 1. The molecule has 0 amide bonds. The van der Waals surface area contributed by atoms with Gasteiger partial charge in [-0.1, -0.05) is 12.1 Å². The number of nitrogens with zero attached hydrogens (tertiary/aromatic N) is 6. The highest BCUT2D eigenvalue weighted by Gasteiger charge is 2.24. The number of aryl methyl sites for hydroxylation is 2. The average molecular weight is 407 g/mol. The fourth-order valence-corrected chi connectivity index (χ4v) is 4.25. The highest BCUT2D eigenvalue weighted by Crippen LogP contribution is 2.23. The smallest absolute Gasteiger partial charge is 0.293 e. The maximum Gasteiger partial charge on any atom is 0.293 e. The number of anilines is 1. The zero-order valence-corrected chi connectivity index (χ0v) is 17.2. The number of imidazole rings is 1. The van der Waals surface area contributed by atoms with Crippen molar-refractivity contribution >= 4 is 28.1 Å². The van der Waals surface area contributed by atoms with Crippen molar-refractivity contribution in [2.45, 2.75) is 45.8 Å². The van der Waals surface area contributed by atoms with E-state index < -0.39 is 0 Å². The van der Waals surface area contributed by atoms with Crippen molar-refractivity contribution < 1.29 is 4.42 Å². The summed E-state index contributed by atoms with van der Waals surface area (Å²) in [4.78, 5) is 24.7. The minimum Gasteiger partial charge on any atom is -0.439 e. The lowest BCUT2D eigenvalue weighted by molar-refractivity contribution is 0.482. The van der Waals surface area contributed by atoms with Crippen molar-refractivity contribution in [3.8, 4) is 0 Å². The second-order valence-corrected chi connectivity index (χ2v) is 7.87. The second-order valence-electron chi connectivity index (χ2n) is 7.87. The predicted octanol–water partition coefficient (Wildman–Crippen LogP) is 2.04. The van der Waals surface area contributed by atoms with Crippen LogP contribution >= 0.6 is 0 Å². The number of para-hydroxylation sites is 1. The molecule has 9 nitrogen and oxygen atoms in total. The number of piperidine rings is 1. The van der Waals surface area contributed by atoms with Gasteiger partial charge in [0.15, 0.2) is 5.58 Å². The lowest BCUT2D eigenvalue weighted by atomic mass is 10.1. The number of benzene rings is 1. The Labute approximate surface area is 173 Å². The molecule has 0 radical (unpaired) electrons. The fourth-order valence-electron chi connectivity index (χ4n) is 4.25. The molecule has 1 aliphatic heterocycles. The van der Waals surface area contributed by atoms with Gasteiger partial charge in [-0.2, -0.15) is 5.10 Å². The van der Waals surface area contributed by atoms with Crippen LogP contribution < -0.4 is 16.2 Å². The van der Waals surface area contributed by atoms with E-state index in [9.17, 15) is 4.79 Å². The summed E-state index contributed by atoms with van der Waals surface area (Å²) in [5.74, 6) is 1.25. The minimum atomic E-state index is -0.201. The van der Waals surface area contributed by atoms with Gasteiger partial charge in [-0.25, -0.2) is 14.6 Å². The van der Waals surface area contributed by atoms with Gasteiger partial charge in [0.25, 0.3) is 5.56 Å². The first kappa shape index (κ1) is 18.8. The Balaban J connectivity index is 1.56. The number of aromatic nitrogens is 5. The van der Waals surface area contributed by atoms with Crippen molar-refractivity contribution in [3.63, 3.8) is 0 Å². The molecule has 0 saturated carbocycles. The highest BCUT2D eigenvalue weighted by atomic mass is 16.3. The van der Waals surface area contributed by atoms with Gasteiger partial charge in [0.2, 0.25) is 11.8 Å². The fraction of sp³-hybridized carbons (Fsp3) is 0.429. The summed E-state index contributed by atoms with van der Waals surface area (Å²) < 4.78 is 9.19. The maximum absolute atomic E-state index is 13.3. The second kappa shape index (κ2) is 7.24. The summed E-state index contributed by atoms with van der Waals surface area (Å²) in [6, 6.07) is 5.91. The molecule has 3 aromatic heterocycles. The number of nitrogens with two attached hydrogens (primary N) is 1. The first-order valence-electron chi connectivity index (χ1n) is 10.4. The Bertz CT molecular complexity index is 1290. The van der Waals surface area contributed by atoms with Gasteiger partial charge >= 0.3 is 0 Å². The third-order valence-corrected chi connectivity index (χ3v) is 5.74. The molecule has 1 aromatic carbocycles. The summed E-state index contributed by atoms with van der Waals surface area (Å²) in [5, 5.41) is 4.33. The molecule has 4 aromatic rings. The Morgan fingerprint density at radius 2 is 2.17 bits per heavy atom. The van der Waals surface area contributed by atoms with Crippen molar-refractivity contribution in [2.24, 2.45) is 5.73 Å². The van der Waals surface area contributed by atoms with Gasteiger partial charge in [-0.15, -0.1) is 0 Å². The molecule has 0 aliphatic carbocycles. The molecule has 0 unspecified atom stereocenters. The monoisotopic (exact) mass is 407 g/mol. The summed E-state index contributed by atoms with van der Waals surface area (Å²) in [6.07, 6.45) is 3.68. The standard InChI is InChI=1S/C21H25N7O2/c1-3-27-19-15(24-21(27)26-9-5-7-14(22)11-26)10-23-28(20(19)29)12-17-25-18-13(2)6-4-8-16(18)30-17/h4,6,8,10,14H,3,5,7,9,11-12,22H2,1-2H3/t14-/m1/s1. The van der Waals surface area contributed by atoms with E-state index in [0.29, 0.717) is 29.1 Å². The Hall–Kier alpha value is -3.20. The van der Waals surface area contributed by atoms with E-state index >= 15 is 0 Å². The largest absolute Gasteiger partial charge is 0.439 e. The van der Waals surface area contributed by atoms with E-state index in [1.165, 1.54) is 4.68 Å². The molecule has 9 heteroatoms. The zero-order chi connectivity index (χ0) is 20.8. The summed E-state index contributed by atoms with van der Waals surface area (Å²) in [7, 11) is 0. The molecule has 5 rings (SSSR count). The van der Waals surface area contributed by atoms with Gasteiger partial charge < -0.3 is 19.6 Å². The molecule has 1 fully saturated rings. The quantitative estimate of drug-likeness (QED) is 0.551. The summed E-state index contributed by atoms with van der Waals surface area (Å²) in [5.41, 5.74) is 9.66.